The lowest BCUT2D eigenvalue weighted by atomic mass is 9.80. The highest BCUT2D eigenvalue weighted by atomic mass is 79.9. The van der Waals surface area contributed by atoms with Gasteiger partial charge in [-0.05, 0) is 61.5 Å². The average Bonchev–Trinajstić information content (AvgIpc) is 2.91. The Bertz CT molecular complexity index is 775. The zero-order chi connectivity index (χ0) is 19.6. The van der Waals surface area contributed by atoms with Gasteiger partial charge in [0.1, 0.15) is 11.6 Å². The summed E-state index contributed by atoms with van der Waals surface area (Å²) in [5, 5.41) is 5.08. The number of aromatic nitrogens is 1. The highest BCUT2D eigenvalue weighted by Crippen LogP contribution is 2.35. The molecule has 1 spiro atoms. The van der Waals surface area contributed by atoms with Gasteiger partial charge in [0.15, 0.2) is 0 Å². The number of urea groups is 1. The van der Waals surface area contributed by atoms with Gasteiger partial charge in [-0.3, -0.25) is 10.1 Å². The zero-order valence-corrected chi connectivity index (χ0v) is 17.3. The summed E-state index contributed by atoms with van der Waals surface area (Å²) in [5.41, 5.74) is 0.785. The second-order valence-corrected chi connectivity index (χ2v) is 7.86. The van der Waals surface area contributed by atoms with Gasteiger partial charge in [0.25, 0.3) is 5.91 Å². The fourth-order valence-corrected chi connectivity index (χ4v) is 3.64. The molecule has 3 amide bonds. The van der Waals surface area contributed by atoms with E-state index in [1.807, 2.05) is 24.9 Å². The van der Waals surface area contributed by atoms with Crippen molar-refractivity contribution >= 4 is 39.9 Å². The second kappa shape index (κ2) is 7.84. The molecule has 0 aromatic carbocycles. The van der Waals surface area contributed by atoms with Crippen LogP contribution in [0.4, 0.5) is 10.5 Å². The topological polar surface area (TPSA) is 95.9 Å². The van der Waals surface area contributed by atoms with Gasteiger partial charge < -0.3 is 15.0 Å². The maximum absolute atomic E-state index is 12.0. The Morgan fingerprint density at radius 3 is 2.74 bits per heavy atom. The van der Waals surface area contributed by atoms with E-state index in [-0.39, 0.29) is 12.0 Å². The maximum atomic E-state index is 12.0. The summed E-state index contributed by atoms with van der Waals surface area (Å²) in [4.78, 5) is 34.4. The van der Waals surface area contributed by atoms with Crippen molar-refractivity contribution in [2.45, 2.75) is 51.2 Å². The fraction of sp³-hybridized carbons (Fsp3) is 0.556. The quantitative estimate of drug-likeness (QED) is 0.419. The third kappa shape index (κ3) is 4.23. The molecule has 1 aliphatic carbocycles. The lowest BCUT2D eigenvalue weighted by Crippen LogP contribution is -2.50. The highest BCUT2D eigenvalue weighted by Gasteiger charge is 2.48. The first-order chi connectivity index (χ1) is 12.8. The Morgan fingerprint density at radius 1 is 1.44 bits per heavy atom. The zero-order valence-electron chi connectivity index (χ0n) is 15.7. The first kappa shape index (κ1) is 19.6. The number of ether oxygens (including phenoxy) is 1. The van der Waals surface area contributed by atoms with E-state index in [0.29, 0.717) is 31.6 Å². The van der Waals surface area contributed by atoms with Crippen LogP contribution in [0.5, 0.6) is 5.88 Å². The van der Waals surface area contributed by atoms with Crippen LogP contribution >= 0.6 is 15.9 Å². The molecule has 0 radical (unpaired) electrons. The van der Waals surface area contributed by atoms with E-state index in [2.05, 4.69) is 43.5 Å². The number of nitrogens with zero attached hydrogens (tertiary/aromatic N) is 3. The molecule has 2 N–H and O–H groups in total. The Balaban J connectivity index is 1.65. The first-order valence-electron chi connectivity index (χ1n) is 9.05. The van der Waals surface area contributed by atoms with Gasteiger partial charge in [-0.2, -0.15) is 0 Å². The molecule has 0 atom stereocenters. The van der Waals surface area contributed by atoms with E-state index in [9.17, 15) is 9.59 Å². The molecule has 1 aromatic rings. The van der Waals surface area contributed by atoms with Crippen LogP contribution in [0.25, 0.3) is 0 Å². The van der Waals surface area contributed by atoms with Gasteiger partial charge in [0.05, 0.1) is 22.2 Å². The summed E-state index contributed by atoms with van der Waals surface area (Å²) in [6, 6.07) is 1.48. The Labute approximate surface area is 166 Å². The number of rotatable bonds is 5. The minimum atomic E-state index is -0.776. The first-order valence-corrected chi connectivity index (χ1v) is 9.84. The number of imide groups is 1. The molecule has 8 nitrogen and oxygen atoms in total. The van der Waals surface area contributed by atoms with E-state index in [4.69, 9.17) is 4.74 Å². The van der Waals surface area contributed by atoms with Crippen molar-refractivity contribution in [3.05, 3.63) is 16.2 Å². The van der Waals surface area contributed by atoms with Gasteiger partial charge >= 0.3 is 6.03 Å². The minimum absolute atomic E-state index is 0.0512. The average molecular weight is 438 g/mol. The van der Waals surface area contributed by atoms with Gasteiger partial charge in [0.2, 0.25) is 5.88 Å². The molecule has 1 saturated carbocycles. The number of amides is 3. The van der Waals surface area contributed by atoms with Crippen LogP contribution in [-0.4, -0.2) is 53.4 Å². The number of aryl methyl sites for hydroxylation is 1. The number of nitrogens with one attached hydrogen (secondary N) is 2. The van der Waals surface area contributed by atoms with Crippen molar-refractivity contribution < 1.29 is 14.3 Å². The van der Waals surface area contributed by atoms with Crippen LogP contribution < -0.4 is 15.4 Å². The molecular formula is C18H24BrN5O3. The fourth-order valence-electron chi connectivity index (χ4n) is 3.24. The molecule has 1 aliphatic heterocycles. The summed E-state index contributed by atoms with van der Waals surface area (Å²) in [6.07, 6.45) is 4.17. The van der Waals surface area contributed by atoms with E-state index >= 15 is 0 Å². The van der Waals surface area contributed by atoms with Crippen molar-refractivity contribution in [1.82, 2.24) is 20.5 Å². The predicted molar refractivity (Wildman–Crippen MR) is 105 cm³/mol. The van der Waals surface area contributed by atoms with Crippen LogP contribution in [0.3, 0.4) is 0 Å². The molecule has 2 heterocycles. The van der Waals surface area contributed by atoms with Crippen molar-refractivity contribution in [3.63, 3.8) is 0 Å². The van der Waals surface area contributed by atoms with Gasteiger partial charge in [-0.25, -0.2) is 14.8 Å². The van der Waals surface area contributed by atoms with Crippen molar-refractivity contribution in [2.75, 3.05) is 13.6 Å². The standard InChI is InChI=1S/C18H24BrN5O3/c1-4-24(3)10-20-14-9-13(19)15(21-11(14)2)27-12-5-7-18(8-6-12)16(25)22-17(26)23-18/h9-10,12H,4-8H2,1-3H3,(H2,22,23,25,26)/b20-10+. The number of aliphatic imine (C=N–C) groups is 1. The molecule has 1 aromatic heterocycles. The summed E-state index contributed by atoms with van der Waals surface area (Å²) < 4.78 is 6.81. The number of pyridine rings is 1. The van der Waals surface area contributed by atoms with Gasteiger partial charge in [-0.1, -0.05) is 0 Å². The monoisotopic (exact) mass is 437 g/mol. The normalized spacial score (nSPS) is 25.0. The highest BCUT2D eigenvalue weighted by molar-refractivity contribution is 9.10. The number of carbonyl (C=O) groups excluding carboxylic acids is 2. The molecule has 27 heavy (non-hydrogen) atoms. The summed E-state index contributed by atoms with van der Waals surface area (Å²) >= 11 is 3.51. The van der Waals surface area contributed by atoms with Crippen LogP contribution in [-0.2, 0) is 4.79 Å². The summed E-state index contributed by atoms with van der Waals surface area (Å²) in [7, 11) is 1.96. The smallest absolute Gasteiger partial charge is 0.322 e. The maximum Gasteiger partial charge on any atom is 0.322 e. The Hall–Kier alpha value is -2.16. The number of hydrogen-bond donors (Lipinski definition) is 2. The molecule has 146 valence electrons. The Kier molecular flexibility index (Phi) is 5.69. The van der Waals surface area contributed by atoms with E-state index in [0.717, 1.165) is 22.4 Å². The minimum Gasteiger partial charge on any atom is -0.474 e. The lowest BCUT2D eigenvalue weighted by Gasteiger charge is -2.34. The summed E-state index contributed by atoms with van der Waals surface area (Å²) in [5.74, 6) is 0.288. The second-order valence-electron chi connectivity index (χ2n) is 7.01. The largest absolute Gasteiger partial charge is 0.474 e. The molecule has 0 unspecified atom stereocenters. The van der Waals surface area contributed by atoms with Crippen LogP contribution in [0.15, 0.2) is 15.5 Å². The molecule has 2 aliphatic rings. The molecular weight excluding hydrogens is 414 g/mol. The third-order valence-electron chi connectivity index (χ3n) is 5.08. The Morgan fingerprint density at radius 2 is 2.15 bits per heavy atom. The van der Waals surface area contributed by atoms with Crippen molar-refractivity contribution in [2.24, 2.45) is 4.99 Å². The predicted octanol–water partition coefficient (Wildman–Crippen LogP) is 2.66. The van der Waals surface area contributed by atoms with Gasteiger partial charge in [0, 0.05) is 13.6 Å². The van der Waals surface area contributed by atoms with Crippen molar-refractivity contribution in [3.8, 4) is 5.88 Å². The molecule has 0 bridgehead atoms. The summed E-state index contributed by atoms with van der Waals surface area (Å²) in [6.45, 7) is 4.82. The third-order valence-corrected chi connectivity index (χ3v) is 5.65. The number of carbonyl (C=O) groups is 2. The van der Waals surface area contributed by atoms with Crippen LogP contribution in [0.1, 0.15) is 38.3 Å². The SMILES string of the molecule is CCN(C)/C=N/c1cc(Br)c(OC2CCC3(CC2)NC(=O)NC3=O)nc1C. The van der Waals surface area contributed by atoms with Crippen LogP contribution in [0.2, 0.25) is 0 Å². The number of hydrogen-bond acceptors (Lipinski definition) is 5. The molecule has 3 rings (SSSR count). The van der Waals surface area contributed by atoms with Gasteiger partial charge in [-0.15, -0.1) is 0 Å². The van der Waals surface area contributed by atoms with E-state index in [1.165, 1.54) is 0 Å². The molecule has 2 fully saturated rings. The van der Waals surface area contributed by atoms with E-state index < -0.39 is 11.6 Å². The number of halogens is 1. The molecule has 1 saturated heterocycles. The van der Waals surface area contributed by atoms with E-state index in [1.54, 1.807) is 6.34 Å². The van der Waals surface area contributed by atoms with Crippen molar-refractivity contribution in [1.29, 1.82) is 0 Å². The molecule has 9 heteroatoms. The lowest BCUT2D eigenvalue weighted by molar-refractivity contribution is -0.125. The van der Waals surface area contributed by atoms with Crippen LogP contribution in [0, 0.1) is 6.92 Å².